The first-order valence-electron chi connectivity index (χ1n) is 23.6. The number of fused-ring (bicyclic) bond motifs is 12. The third-order valence-electron chi connectivity index (χ3n) is 14.8. The van der Waals surface area contributed by atoms with Crippen LogP contribution >= 0.6 is 0 Å². The molecule has 3 nitrogen and oxygen atoms in total. The highest BCUT2D eigenvalue weighted by molar-refractivity contribution is 6.18. The molecule has 0 atom stereocenters. The zero-order chi connectivity index (χ0) is 45.1. The second-order valence-corrected chi connectivity index (χ2v) is 18.8. The summed E-state index contributed by atoms with van der Waals surface area (Å²) in [6, 6.07) is 84.5. The molecule has 0 unspecified atom stereocenters. The van der Waals surface area contributed by atoms with Crippen molar-refractivity contribution in [3.63, 3.8) is 0 Å². The molecule has 13 aromatic rings. The van der Waals surface area contributed by atoms with E-state index in [1.807, 2.05) is 0 Å². The van der Waals surface area contributed by atoms with E-state index in [1.54, 1.807) is 0 Å². The minimum atomic E-state index is -0.108. The van der Waals surface area contributed by atoms with Crippen LogP contribution in [0.15, 0.2) is 235 Å². The Morgan fingerprint density at radius 1 is 0.397 bits per heavy atom. The molecule has 0 saturated carbocycles. The van der Waals surface area contributed by atoms with Gasteiger partial charge in [-0.05, 0) is 122 Å². The van der Waals surface area contributed by atoms with E-state index in [2.05, 4.69) is 254 Å². The standard InChI is InChI=1S/C65H44N2O/c1-65(2)56-26-11-7-21-49(56)50-35-32-43(39-57(50)65)42-17-15-18-46(38-42)67(61-40-44-16-3-4-19-47(44)48-20-5-6-22-51(48)61)60-37-36-55-54-25-10-14-29-62(54)68-64(55)63(60)41-30-33-45(34-31-41)66-58-27-12-8-23-52(58)53-24-9-13-28-59(53)66/h3-40H,1-2H3. The molecule has 1 aliphatic carbocycles. The van der Waals surface area contributed by atoms with Crippen molar-refractivity contribution in [3.8, 4) is 39.1 Å². The van der Waals surface area contributed by atoms with Gasteiger partial charge in [0, 0.05) is 49.3 Å². The monoisotopic (exact) mass is 868 g/mol. The highest BCUT2D eigenvalue weighted by atomic mass is 16.3. The molecule has 2 heterocycles. The summed E-state index contributed by atoms with van der Waals surface area (Å²) in [6.07, 6.45) is 0. The summed E-state index contributed by atoms with van der Waals surface area (Å²) in [6.45, 7) is 4.71. The van der Waals surface area contributed by atoms with Crippen molar-refractivity contribution in [2.24, 2.45) is 0 Å². The van der Waals surface area contributed by atoms with Crippen LogP contribution in [0.3, 0.4) is 0 Å². The molecule has 0 spiro atoms. The van der Waals surface area contributed by atoms with Gasteiger partial charge in [0.2, 0.25) is 0 Å². The van der Waals surface area contributed by atoms with Crippen molar-refractivity contribution in [2.45, 2.75) is 19.3 Å². The number of anilines is 3. The first-order valence-corrected chi connectivity index (χ1v) is 23.6. The Morgan fingerprint density at radius 3 is 1.81 bits per heavy atom. The molecule has 1 aliphatic rings. The summed E-state index contributed by atoms with van der Waals surface area (Å²) in [5.41, 5.74) is 18.2. The van der Waals surface area contributed by atoms with E-state index in [4.69, 9.17) is 4.42 Å². The van der Waals surface area contributed by atoms with Gasteiger partial charge in [-0.1, -0.05) is 178 Å². The lowest BCUT2D eigenvalue weighted by molar-refractivity contribution is 0.660. The third kappa shape index (κ3) is 5.66. The van der Waals surface area contributed by atoms with Crippen LogP contribution in [0.5, 0.6) is 0 Å². The predicted octanol–water partition coefficient (Wildman–Crippen LogP) is 18.1. The summed E-state index contributed by atoms with van der Waals surface area (Å²) < 4.78 is 9.41. The topological polar surface area (TPSA) is 21.3 Å². The second kappa shape index (κ2) is 14.7. The van der Waals surface area contributed by atoms with Gasteiger partial charge in [0.25, 0.3) is 0 Å². The zero-order valence-corrected chi connectivity index (χ0v) is 37.7. The van der Waals surface area contributed by atoms with Crippen molar-refractivity contribution in [1.82, 2.24) is 4.57 Å². The summed E-state index contributed by atoms with van der Waals surface area (Å²) in [5.74, 6) is 0. The fourth-order valence-electron chi connectivity index (χ4n) is 11.6. The summed E-state index contributed by atoms with van der Waals surface area (Å²) in [4.78, 5) is 2.48. The molecule has 0 aliphatic heterocycles. The Morgan fingerprint density at radius 2 is 1.01 bits per heavy atom. The summed E-state index contributed by atoms with van der Waals surface area (Å²) in [7, 11) is 0. The molecular weight excluding hydrogens is 825 g/mol. The lowest BCUT2D eigenvalue weighted by Gasteiger charge is -2.30. The summed E-state index contributed by atoms with van der Waals surface area (Å²) in [5, 5.41) is 9.48. The minimum Gasteiger partial charge on any atom is -0.455 e. The third-order valence-corrected chi connectivity index (χ3v) is 14.8. The Bertz CT molecular complexity index is 4130. The normalized spacial score (nSPS) is 13.0. The van der Waals surface area contributed by atoms with Crippen LogP contribution in [0.25, 0.3) is 104 Å². The van der Waals surface area contributed by atoms with E-state index in [-0.39, 0.29) is 5.41 Å². The lowest BCUT2D eigenvalue weighted by atomic mass is 9.81. The van der Waals surface area contributed by atoms with Gasteiger partial charge in [-0.25, -0.2) is 0 Å². The van der Waals surface area contributed by atoms with Crippen molar-refractivity contribution >= 4 is 82.4 Å². The highest BCUT2D eigenvalue weighted by Crippen LogP contribution is 2.52. The van der Waals surface area contributed by atoms with Gasteiger partial charge in [-0.3, -0.25) is 0 Å². The molecule has 0 saturated heterocycles. The number of aromatic nitrogens is 1. The number of para-hydroxylation sites is 3. The van der Waals surface area contributed by atoms with Gasteiger partial charge in [-0.2, -0.15) is 0 Å². The second-order valence-electron chi connectivity index (χ2n) is 18.8. The first-order chi connectivity index (χ1) is 33.5. The Labute approximate surface area is 394 Å². The minimum absolute atomic E-state index is 0.108. The van der Waals surface area contributed by atoms with E-state index in [1.165, 1.54) is 71.2 Å². The van der Waals surface area contributed by atoms with Gasteiger partial charge < -0.3 is 13.9 Å². The van der Waals surface area contributed by atoms with E-state index in [9.17, 15) is 0 Å². The molecular formula is C65H44N2O. The quantitative estimate of drug-likeness (QED) is 0.155. The van der Waals surface area contributed by atoms with Gasteiger partial charge in [-0.15, -0.1) is 0 Å². The first kappa shape index (κ1) is 38.6. The molecule has 0 amide bonds. The molecule has 320 valence electrons. The van der Waals surface area contributed by atoms with Gasteiger partial charge in [0.15, 0.2) is 0 Å². The average Bonchev–Trinajstić information content (AvgIpc) is 4.02. The van der Waals surface area contributed by atoms with E-state index in [0.29, 0.717) is 0 Å². The van der Waals surface area contributed by atoms with Crippen molar-refractivity contribution < 1.29 is 4.42 Å². The molecule has 3 heteroatoms. The van der Waals surface area contributed by atoms with Crippen molar-refractivity contribution in [3.05, 3.63) is 242 Å². The van der Waals surface area contributed by atoms with Gasteiger partial charge in [0.05, 0.1) is 22.4 Å². The summed E-state index contributed by atoms with van der Waals surface area (Å²) >= 11 is 0. The van der Waals surface area contributed by atoms with Crippen LogP contribution in [0.4, 0.5) is 17.1 Å². The molecule has 68 heavy (non-hydrogen) atoms. The van der Waals surface area contributed by atoms with E-state index < -0.39 is 0 Å². The Hall–Kier alpha value is -8.66. The average molecular weight is 869 g/mol. The van der Waals surface area contributed by atoms with Crippen LogP contribution in [-0.4, -0.2) is 4.57 Å². The van der Waals surface area contributed by atoms with Crippen LogP contribution in [-0.2, 0) is 5.41 Å². The van der Waals surface area contributed by atoms with Crippen LogP contribution in [0.2, 0.25) is 0 Å². The van der Waals surface area contributed by atoms with Crippen molar-refractivity contribution in [2.75, 3.05) is 4.90 Å². The Kier molecular flexibility index (Phi) is 8.33. The largest absolute Gasteiger partial charge is 0.455 e. The molecule has 0 bridgehead atoms. The fraction of sp³-hybridized carbons (Fsp3) is 0.0462. The smallest absolute Gasteiger partial charge is 0.145 e. The van der Waals surface area contributed by atoms with Gasteiger partial charge in [0.1, 0.15) is 11.2 Å². The Balaban J connectivity index is 1.02. The van der Waals surface area contributed by atoms with Crippen LogP contribution < -0.4 is 4.90 Å². The molecule has 2 aromatic heterocycles. The lowest BCUT2D eigenvalue weighted by Crippen LogP contribution is -2.15. The molecule has 0 radical (unpaired) electrons. The van der Waals surface area contributed by atoms with Crippen LogP contribution in [0.1, 0.15) is 25.0 Å². The van der Waals surface area contributed by atoms with Gasteiger partial charge >= 0.3 is 0 Å². The highest BCUT2D eigenvalue weighted by Gasteiger charge is 2.35. The molecule has 0 N–H and O–H groups in total. The molecule has 0 fully saturated rings. The van der Waals surface area contributed by atoms with Crippen LogP contribution in [0, 0.1) is 0 Å². The molecule has 11 aromatic carbocycles. The number of benzene rings is 11. The number of nitrogens with zero attached hydrogens (tertiary/aromatic N) is 2. The maximum Gasteiger partial charge on any atom is 0.145 e. The fourth-order valence-corrected chi connectivity index (χ4v) is 11.6. The maximum absolute atomic E-state index is 7.03. The van der Waals surface area contributed by atoms with Crippen molar-refractivity contribution in [1.29, 1.82) is 0 Å². The number of furan rings is 1. The molecule has 14 rings (SSSR count). The number of hydrogen-bond donors (Lipinski definition) is 0. The zero-order valence-electron chi connectivity index (χ0n) is 37.7. The van der Waals surface area contributed by atoms with E-state index >= 15 is 0 Å². The maximum atomic E-state index is 7.03. The number of hydrogen-bond acceptors (Lipinski definition) is 2. The van der Waals surface area contributed by atoms with E-state index in [0.717, 1.165) is 61.4 Å². The number of rotatable bonds is 6. The SMILES string of the molecule is CC1(C)c2ccccc2-c2ccc(-c3cccc(N(c4ccc5c(oc6ccccc65)c4-c4ccc(-n5c6ccccc6c6ccccc65)cc4)c4cc5ccccc5c5ccccc45)c3)cc21. The predicted molar refractivity (Wildman–Crippen MR) is 286 cm³/mol.